The second-order valence-corrected chi connectivity index (χ2v) is 2.68. The van der Waals surface area contributed by atoms with E-state index in [0.29, 0.717) is 24.0 Å². The van der Waals surface area contributed by atoms with Crippen molar-refractivity contribution in [3.63, 3.8) is 0 Å². The Balaban J connectivity index is 2.56. The second kappa shape index (κ2) is 2.29. The van der Waals surface area contributed by atoms with Crippen LogP contribution in [0.1, 0.15) is 18.9 Å². The van der Waals surface area contributed by atoms with E-state index in [1.165, 1.54) is 0 Å². The van der Waals surface area contributed by atoms with Crippen LogP contribution in [0.3, 0.4) is 0 Å². The van der Waals surface area contributed by atoms with E-state index in [1.807, 2.05) is 0 Å². The van der Waals surface area contributed by atoms with Crippen molar-refractivity contribution >= 4 is 0 Å². The summed E-state index contributed by atoms with van der Waals surface area (Å²) >= 11 is 0. The normalized spacial score (nSPS) is 18.2. The average molecular weight is 155 g/mol. The highest BCUT2D eigenvalue weighted by atomic mass is 19.1. The molecule has 1 aromatic rings. The predicted octanol–water partition coefficient (Wildman–Crippen LogP) is 2.45. The van der Waals surface area contributed by atoms with Gasteiger partial charge in [-0.25, -0.2) is 8.78 Å². The lowest BCUT2D eigenvalue weighted by Crippen LogP contribution is -1.91. The number of hydrogen-bond donors (Lipinski definition) is 0. The van der Waals surface area contributed by atoms with Crippen molar-refractivity contribution in [3.8, 4) is 0 Å². The van der Waals surface area contributed by atoms with Gasteiger partial charge in [-0.2, -0.15) is 0 Å². The fourth-order valence-corrected chi connectivity index (χ4v) is 1.44. The number of rotatable bonds is 0. The van der Waals surface area contributed by atoms with Gasteiger partial charge < -0.3 is 0 Å². The topological polar surface area (TPSA) is 0 Å². The highest BCUT2D eigenvalue weighted by Crippen LogP contribution is 2.26. The molecule has 2 heteroatoms. The van der Waals surface area contributed by atoms with Gasteiger partial charge in [0.25, 0.3) is 0 Å². The van der Waals surface area contributed by atoms with Crippen molar-refractivity contribution in [1.82, 2.24) is 0 Å². The van der Waals surface area contributed by atoms with Crippen LogP contribution in [0.4, 0.5) is 8.78 Å². The number of benzene rings is 1. The second-order valence-electron chi connectivity index (χ2n) is 2.68. The third-order valence-electron chi connectivity index (χ3n) is 2.01. The van der Waals surface area contributed by atoms with Gasteiger partial charge in [-0.05, 0) is 42.5 Å². The van der Waals surface area contributed by atoms with Crippen LogP contribution in [0.25, 0.3) is 0 Å². The molecule has 0 saturated heterocycles. The van der Waals surface area contributed by atoms with Gasteiger partial charge >= 0.3 is 0 Å². The smallest absolute Gasteiger partial charge is 0.126 e. The van der Waals surface area contributed by atoms with Crippen LogP contribution in [-0.2, 0) is 12.8 Å². The fourth-order valence-electron chi connectivity index (χ4n) is 1.44. The first-order valence-corrected chi connectivity index (χ1v) is 3.56. The Labute approximate surface area is 65.3 Å². The first kappa shape index (κ1) is 5.70. The van der Waals surface area contributed by atoms with E-state index < -0.39 is 0 Å². The maximum atomic E-state index is 13.0. The van der Waals surface area contributed by atoms with E-state index >= 15 is 0 Å². The van der Waals surface area contributed by atoms with E-state index in [1.54, 1.807) is 0 Å². The van der Waals surface area contributed by atoms with Gasteiger partial charge in [0.2, 0.25) is 0 Å². The van der Waals surface area contributed by atoms with Gasteiger partial charge in [0, 0.05) is 1.37 Å². The molecule has 0 heterocycles. The lowest BCUT2D eigenvalue weighted by molar-refractivity contribution is 0.585. The maximum absolute atomic E-state index is 13.0. The quantitative estimate of drug-likeness (QED) is 0.539. The van der Waals surface area contributed by atoms with Crippen molar-refractivity contribution in [2.45, 2.75) is 19.2 Å². The van der Waals surface area contributed by atoms with Crippen molar-refractivity contribution in [2.24, 2.45) is 0 Å². The standard InChI is InChI=1S/C9H8F2/c10-8-4-5-9(11)7-3-1-2-6(7)8/h4-5H,1-3H2/i1D. The Kier molecular flexibility index (Phi) is 1.19. The van der Waals surface area contributed by atoms with Gasteiger partial charge in [-0.3, -0.25) is 0 Å². The molecule has 0 fully saturated rings. The lowest BCUT2D eigenvalue weighted by Gasteiger charge is -2.00. The lowest BCUT2D eigenvalue weighted by atomic mass is 10.1. The van der Waals surface area contributed by atoms with Gasteiger partial charge in [0.05, 0.1) is 0 Å². The van der Waals surface area contributed by atoms with E-state index in [4.69, 9.17) is 1.37 Å². The molecule has 0 saturated carbocycles. The van der Waals surface area contributed by atoms with Crippen LogP contribution in [0.2, 0.25) is 0 Å². The minimum Gasteiger partial charge on any atom is -0.207 e. The Hall–Kier alpha value is -0.920. The van der Waals surface area contributed by atoms with E-state index in [9.17, 15) is 8.78 Å². The molecule has 0 aromatic heterocycles. The third kappa shape index (κ3) is 0.934. The molecule has 0 radical (unpaired) electrons. The summed E-state index contributed by atoms with van der Waals surface area (Å²) in [5, 5.41) is 0. The van der Waals surface area contributed by atoms with Crippen LogP contribution in [0, 0.1) is 11.6 Å². The molecule has 1 aliphatic rings. The summed E-state index contributed by atoms with van der Waals surface area (Å²) in [5.41, 5.74) is 0.796. The molecular weight excluding hydrogens is 146 g/mol. The molecule has 0 nitrogen and oxygen atoms in total. The summed E-state index contributed by atoms with van der Waals surface area (Å²) in [7, 11) is 0. The summed E-state index contributed by atoms with van der Waals surface area (Å²) in [4.78, 5) is 0. The molecule has 0 spiro atoms. The summed E-state index contributed by atoms with van der Waals surface area (Å²) in [6.07, 6.45) is 0.323. The minimum atomic E-state index is -0.374. The minimum absolute atomic E-state index is 0.346. The fraction of sp³-hybridized carbons (Fsp3) is 0.333. The van der Waals surface area contributed by atoms with E-state index in [2.05, 4.69) is 0 Å². The van der Waals surface area contributed by atoms with Gasteiger partial charge in [-0.1, -0.05) is 0 Å². The van der Waals surface area contributed by atoms with Crippen molar-refractivity contribution in [2.75, 3.05) is 0 Å². The summed E-state index contributed by atoms with van der Waals surface area (Å²) in [6.45, 7) is 0. The molecule has 0 amide bonds. The average Bonchev–Trinajstić information content (AvgIpc) is 2.41. The van der Waals surface area contributed by atoms with E-state index in [-0.39, 0.29) is 18.0 Å². The molecule has 0 unspecified atom stereocenters. The maximum Gasteiger partial charge on any atom is 0.126 e. The molecule has 0 atom stereocenters. The SMILES string of the molecule is [2H]C1Cc2c(F)ccc(F)c2C1. The zero-order chi connectivity index (χ0) is 8.72. The monoisotopic (exact) mass is 155 g/mol. The molecular formula is C9H8F2. The number of halogens is 2. The van der Waals surface area contributed by atoms with Gasteiger partial charge in [0.15, 0.2) is 0 Å². The Morgan fingerprint density at radius 2 is 1.55 bits per heavy atom. The molecule has 58 valence electrons. The van der Waals surface area contributed by atoms with Crippen LogP contribution >= 0.6 is 0 Å². The van der Waals surface area contributed by atoms with Crippen LogP contribution in [0.15, 0.2) is 12.1 Å². The zero-order valence-corrected chi connectivity index (χ0v) is 5.90. The Bertz CT molecular complexity index is 292. The molecule has 2 rings (SSSR count). The predicted molar refractivity (Wildman–Crippen MR) is 38.4 cm³/mol. The highest BCUT2D eigenvalue weighted by molar-refractivity contribution is 5.33. The summed E-state index contributed by atoms with van der Waals surface area (Å²) < 4.78 is 33.4. The van der Waals surface area contributed by atoms with Crippen LogP contribution in [-0.4, -0.2) is 0 Å². The van der Waals surface area contributed by atoms with Crippen molar-refractivity contribution in [1.29, 1.82) is 0 Å². The molecule has 11 heavy (non-hydrogen) atoms. The third-order valence-corrected chi connectivity index (χ3v) is 2.01. The largest absolute Gasteiger partial charge is 0.207 e. The molecule has 0 N–H and O–H groups in total. The van der Waals surface area contributed by atoms with Crippen LogP contribution in [0.5, 0.6) is 0 Å². The first-order chi connectivity index (χ1) is 5.68. The van der Waals surface area contributed by atoms with Crippen molar-refractivity contribution in [3.05, 3.63) is 34.9 Å². The zero-order valence-electron chi connectivity index (χ0n) is 6.90. The molecule has 1 aromatic carbocycles. The Morgan fingerprint density at radius 1 is 1.09 bits per heavy atom. The van der Waals surface area contributed by atoms with Crippen molar-refractivity contribution < 1.29 is 10.2 Å². The molecule has 1 aliphatic carbocycles. The van der Waals surface area contributed by atoms with Crippen LogP contribution < -0.4 is 0 Å². The van der Waals surface area contributed by atoms with E-state index in [0.717, 1.165) is 12.1 Å². The number of hydrogen-bond acceptors (Lipinski definition) is 0. The van der Waals surface area contributed by atoms with Gasteiger partial charge in [-0.15, -0.1) is 0 Å². The number of fused-ring (bicyclic) bond motifs is 1. The Morgan fingerprint density at radius 3 is 2.00 bits per heavy atom. The molecule has 0 bridgehead atoms. The highest BCUT2D eigenvalue weighted by Gasteiger charge is 2.18. The molecule has 0 aliphatic heterocycles. The summed E-state index contributed by atoms with van der Waals surface area (Å²) in [6, 6.07) is 2.26. The van der Waals surface area contributed by atoms with Gasteiger partial charge in [0.1, 0.15) is 11.6 Å². The summed E-state index contributed by atoms with van der Waals surface area (Å²) in [5.74, 6) is -0.748. The first-order valence-electron chi connectivity index (χ1n) is 4.14.